The van der Waals surface area contributed by atoms with Gasteiger partial charge in [0.25, 0.3) is 0 Å². The lowest BCUT2D eigenvalue weighted by molar-refractivity contribution is -0.175. The molecule has 0 aromatic rings. The molecule has 0 spiro atoms. The van der Waals surface area contributed by atoms with Crippen molar-refractivity contribution >= 4 is 27.6 Å². The first-order chi connectivity index (χ1) is 6.11. The summed E-state index contributed by atoms with van der Waals surface area (Å²) in [5.41, 5.74) is -1.52. The Balaban J connectivity index is 4.53. The molecule has 82 valence electrons. The number of amides is 1. The van der Waals surface area contributed by atoms with E-state index >= 15 is 0 Å². The number of halogens is 4. The molecule has 14 heavy (non-hydrogen) atoms. The minimum Gasteiger partial charge on any atom is -0.336 e. The van der Waals surface area contributed by atoms with Crippen LogP contribution >= 0.6 is 15.9 Å². The first-order valence-electron chi connectivity index (χ1n) is 3.60. The Morgan fingerprint density at radius 1 is 1.29 bits per heavy atom. The summed E-state index contributed by atoms with van der Waals surface area (Å²) < 4.78 is 35.4. The van der Waals surface area contributed by atoms with Gasteiger partial charge < -0.3 is 5.32 Å². The fraction of sp³-hybridized carbons (Fsp3) is 0.714. The summed E-state index contributed by atoms with van der Waals surface area (Å²) in [5.74, 6) is -2.65. The van der Waals surface area contributed by atoms with Crippen LogP contribution in [0.2, 0.25) is 0 Å². The predicted molar refractivity (Wildman–Crippen MR) is 47.1 cm³/mol. The first kappa shape index (κ1) is 13.4. The van der Waals surface area contributed by atoms with Crippen molar-refractivity contribution in [1.82, 2.24) is 5.32 Å². The molecule has 0 aliphatic carbocycles. The molecule has 0 aromatic heterocycles. The van der Waals surface area contributed by atoms with Crippen molar-refractivity contribution in [3.05, 3.63) is 0 Å². The van der Waals surface area contributed by atoms with Crippen LogP contribution in [0.1, 0.15) is 13.8 Å². The minimum absolute atomic E-state index is 0.113. The highest BCUT2D eigenvalue weighted by molar-refractivity contribution is 9.09. The number of carbonyl (C=O) groups excluding carboxylic acids is 2. The summed E-state index contributed by atoms with van der Waals surface area (Å²) >= 11 is 2.81. The molecule has 1 N–H and O–H groups in total. The average molecular weight is 276 g/mol. The van der Waals surface area contributed by atoms with Crippen molar-refractivity contribution < 1.29 is 22.8 Å². The molecule has 0 aliphatic rings. The Labute approximate surface area is 87.2 Å². The van der Waals surface area contributed by atoms with E-state index in [2.05, 4.69) is 15.9 Å². The molecule has 0 aliphatic heterocycles. The Bertz CT molecular complexity index is 250. The summed E-state index contributed by atoms with van der Waals surface area (Å²) in [6.45, 7) is 2.42. The monoisotopic (exact) mass is 275 g/mol. The van der Waals surface area contributed by atoms with Crippen LogP contribution in [0.25, 0.3) is 0 Å². The van der Waals surface area contributed by atoms with Crippen molar-refractivity contribution in [1.29, 1.82) is 0 Å². The van der Waals surface area contributed by atoms with Gasteiger partial charge in [0.15, 0.2) is 5.78 Å². The third-order valence-electron chi connectivity index (χ3n) is 1.50. The molecule has 0 radical (unpaired) electrons. The third kappa shape index (κ3) is 3.65. The van der Waals surface area contributed by atoms with E-state index in [9.17, 15) is 22.8 Å². The molecule has 0 unspecified atom stereocenters. The molecule has 3 nitrogen and oxygen atoms in total. The van der Waals surface area contributed by atoms with Gasteiger partial charge in [-0.3, -0.25) is 9.59 Å². The predicted octanol–water partition coefficient (Wildman–Crippen LogP) is 1.41. The van der Waals surface area contributed by atoms with E-state index in [1.54, 1.807) is 5.32 Å². The second kappa shape index (κ2) is 4.29. The van der Waals surface area contributed by atoms with Crippen LogP contribution in [0.15, 0.2) is 0 Å². The SMILES string of the molecule is CC(C)(NC(=O)C(F)(F)F)C(=O)CBr. The number of rotatable bonds is 3. The van der Waals surface area contributed by atoms with Crippen LogP contribution in [0, 0.1) is 0 Å². The topological polar surface area (TPSA) is 46.2 Å². The summed E-state index contributed by atoms with van der Waals surface area (Å²) in [6.07, 6.45) is -4.97. The number of hydrogen-bond acceptors (Lipinski definition) is 2. The summed E-state index contributed by atoms with van der Waals surface area (Å²) in [7, 11) is 0. The fourth-order valence-electron chi connectivity index (χ4n) is 0.591. The van der Waals surface area contributed by atoms with E-state index < -0.39 is 23.4 Å². The van der Waals surface area contributed by atoms with Gasteiger partial charge in [0.05, 0.1) is 10.9 Å². The van der Waals surface area contributed by atoms with Gasteiger partial charge in [0.2, 0.25) is 0 Å². The fourth-order valence-corrected chi connectivity index (χ4v) is 1.29. The van der Waals surface area contributed by atoms with Gasteiger partial charge in [-0.05, 0) is 13.8 Å². The second-order valence-corrected chi connectivity index (χ2v) is 3.69. The molecule has 0 rings (SSSR count). The smallest absolute Gasteiger partial charge is 0.336 e. The molecule has 7 heteroatoms. The number of Topliss-reactive ketones (excluding diaryl/α,β-unsaturated/α-hetero) is 1. The lowest BCUT2D eigenvalue weighted by Crippen LogP contribution is -2.54. The molecule has 1 amide bonds. The zero-order chi connectivity index (χ0) is 11.6. The maximum atomic E-state index is 11.8. The highest BCUT2D eigenvalue weighted by Crippen LogP contribution is 2.17. The molecule has 0 bridgehead atoms. The summed E-state index contributed by atoms with van der Waals surface area (Å²) in [4.78, 5) is 21.6. The number of ketones is 1. The Morgan fingerprint density at radius 3 is 2.00 bits per heavy atom. The molecule has 0 saturated heterocycles. The van der Waals surface area contributed by atoms with Crippen LogP contribution in [0.4, 0.5) is 13.2 Å². The standard InChI is InChI=1S/C7H9BrF3NO2/c1-6(2,4(13)3-8)12-5(14)7(9,10)11/h3H2,1-2H3,(H,12,14). The van der Waals surface area contributed by atoms with Crippen LogP contribution in [-0.2, 0) is 9.59 Å². The maximum Gasteiger partial charge on any atom is 0.471 e. The van der Waals surface area contributed by atoms with Gasteiger partial charge >= 0.3 is 12.1 Å². The number of alkyl halides is 4. The van der Waals surface area contributed by atoms with Gasteiger partial charge in [-0.25, -0.2) is 0 Å². The largest absolute Gasteiger partial charge is 0.471 e. The van der Waals surface area contributed by atoms with Gasteiger partial charge in [-0.1, -0.05) is 15.9 Å². The van der Waals surface area contributed by atoms with Crippen molar-refractivity contribution in [3.8, 4) is 0 Å². The van der Waals surface area contributed by atoms with Crippen LogP contribution in [0.3, 0.4) is 0 Å². The number of hydrogen-bond donors (Lipinski definition) is 1. The first-order valence-corrected chi connectivity index (χ1v) is 4.72. The molecular weight excluding hydrogens is 267 g/mol. The van der Waals surface area contributed by atoms with E-state index in [4.69, 9.17) is 0 Å². The van der Waals surface area contributed by atoms with Crippen LogP contribution in [0.5, 0.6) is 0 Å². The van der Waals surface area contributed by atoms with E-state index in [0.717, 1.165) is 0 Å². The zero-order valence-corrected chi connectivity index (χ0v) is 9.12. The highest BCUT2D eigenvalue weighted by Gasteiger charge is 2.42. The second-order valence-electron chi connectivity index (χ2n) is 3.13. The Kier molecular flexibility index (Phi) is 4.11. The maximum absolute atomic E-state index is 11.8. The van der Waals surface area contributed by atoms with E-state index in [1.165, 1.54) is 13.8 Å². The van der Waals surface area contributed by atoms with Crippen molar-refractivity contribution in [2.75, 3.05) is 5.33 Å². The third-order valence-corrected chi connectivity index (χ3v) is 2.01. The molecule has 0 heterocycles. The molecule has 0 aromatic carbocycles. The summed E-state index contributed by atoms with van der Waals surface area (Å²) in [5, 5.41) is 1.49. The summed E-state index contributed by atoms with van der Waals surface area (Å²) in [6, 6.07) is 0. The van der Waals surface area contributed by atoms with Gasteiger partial charge in [-0.15, -0.1) is 0 Å². The lowest BCUT2D eigenvalue weighted by atomic mass is 10.0. The number of carbonyl (C=O) groups is 2. The molecule has 0 atom stereocenters. The highest BCUT2D eigenvalue weighted by atomic mass is 79.9. The van der Waals surface area contributed by atoms with Crippen molar-refractivity contribution in [3.63, 3.8) is 0 Å². The Morgan fingerprint density at radius 2 is 1.71 bits per heavy atom. The van der Waals surface area contributed by atoms with E-state index in [-0.39, 0.29) is 5.33 Å². The lowest BCUT2D eigenvalue weighted by Gasteiger charge is -2.24. The van der Waals surface area contributed by atoms with Gasteiger partial charge in [0, 0.05) is 0 Å². The quantitative estimate of drug-likeness (QED) is 0.792. The normalized spacial score (nSPS) is 12.4. The zero-order valence-electron chi connectivity index (χ0n) is 7.54. The van der Waals surface area contributed by atoms with Gasteiger partial charge in [-0.2, -0.15) is 13.2 Å². The van der Waals surface area contributed by atoms with Crippen LogP contribution < -0.4 is 5.32 Å². The molecule has 0 fully saturated rings. The van der Waals surface area contributed by atoms with Crippen molar-refractivity contribution in [2.24, 2.45) is 0 Å². The van der Waals surface area contributed by atoms with E-state index in [0.29, 0.717) is 0 Å². The van der Waals surface area contributed by atoms with E-state index in [1.807, 2.05) is 0 Å². The van der Waals surface area contributed by atoms with Crippen LogP contribution in [-0.4, -0.2) is 28.7 Å². The van der Waals surface area contributed by atoms with Crippen molar-refractivity contribution in [2.45, 2.75) is 25.6 Å². The number of nitrogens with one attached hydrogen (secondary N) is 1. The average Bonchev–Trinajstić information content (AvgIpc) is 2.00. The molecule has 0 saturated carbocycles. The minimum atomic E-state index is -4.97. The Hall–Kier alpha value is -0.590. The van der Waals surface area contributed by atoms with Gasteiger partial charge in [0.1, 0.15) is 0 Å². The molecular formula is C7H9BrF3NO2.